The smallest absolute Gasteiger partial charge is 0.326 e. The summed E-state index contributed by atoms with van der Waals surface area (Å²) in [7, 11) is 0. The Morgan fingerprint density at radius 2 is 2.06 bits per heavy atom. The van der Waals surface area contributed by atoms with E-state index in [-0.39, 0.29) is 11.8 Å². The molecule has 1 saturated heterocycles. The molecule has 2 unspecified atom stereocenters. The molecule has 0 bridgehead atoms. The number of rotatable bonds is 3. The van der Waals surface area contributed by atoms with Crippen LogP contribution in [0.3, 0.4) is 0 Å². The number of hydrogen-bond acceptors (Lipinski definition) is 2. The van der Waals surface area contributed by atoms with Crippen LogP contribution in [-0.4, -0.2) is 34.5 Å². The lowest BCUT2D eigenvalue weighted by molar-refractivity contribution is -0.151. The van der Waals surface area contributed by atoms with E-state index in [2.05, 4.69) is 0 Å². The maximum absolute atomic E-state index is 12.1. The molecule has 1 aliphatic heterocycles. The number of carboxylic acids is 1. The molecular formula is C12H21NO3. The van der Waals surface area contributed by atoms with Crippen molar-refractivity contribution in [3.05, 3.63) is 0 Å². The van der Waals surface area contributed by atoms with Crippen LogP contribution < -0.4 is 0 Å². The van der Waals surface area contributed by atoms with Gasteiger partial charge < -0.3 is 10.0 Å². The van der Waals surface area contributed by atoms with Crippen LogP contribution in [0.1, 0.15) is 46.0 Å². The molecule has 4 nitrogen and oxygen atoms in total. The number of carbonyl (C=O) groups is 2. The first kappa shape index (κ1) is 13.0. The maximum Gasteiger partial charge on any atom is 0.326 e. The Kier molecular flexibility index (Phi) is 4.77. The molecule has 0 aromatic carbocycles. The van der Waals surface area contributed by atoms with Gasteiger partial charge in [-0.1, -0.05) is 26.7 Å². The molecule has 0 aromatic rings. The van der Waals surface area contributed by atoms with Crippen LogP contribution in [0.2, 0.25) is 0 Å². The third kappa shape index (κ3) is 2.97. The van der Waals surface area contributed by atoms with E-state index in [0.29, 0.717) is 13.0 Å². The predicted molar refractivity (Wildman–Crippen MR) is 61.1 cm³/mol. The second kappa shape index (κ2) is 5.87. The molecule has 0 saturated carbocycles. The number of carboxylic acid groups (broad SMARTS) is 1. The molecule has 0 radical (unpaired) electrons. The largest absolute Gasteiger partial charge is 0.480 e. The van der Waals surface area contributed by atoms with Crippen LogP contribution in [0.15, 0.2) is 0 Å². The monoisotopic (exact) mass is 227 g/mol. The minimum Gasteiger partial charge on any atom is -0.480 e. The van der Waals surface area contributed by atoms with Crippen molar-refractivity contribution in [2.45, 2.75) is 52.0 Å². The summed E-state index contributed by atoms with van der Waals surface area (Å²) in [5.41, 5.74) is 0. The van der Waals surface area contributed by atoms with Gasteiger partial charge in [-0.2, -0.15) is 0 Å². The Morgan fingerprint density at radius 1 is 1.38 bits per heavy atom. The third-order valence-electron chi connectivity index (χ3n) is 3.35. The quantitative estimate of drug-likeness (QED) is 0.801. The van der Waals surface area contributed by atoms with E-state index >= 15 is 0 Å². The van der Waals surface area contributed by atoms with Crippen molar-refractivity contribution in [1.82, 2.24) is 4.90 Å². The molecule has 0 spiro atoms. The average Bonchev–Trinajstić information content (AvgIpc) is 2.52. The molecule has 1 heterocycles. The molecule has 1 aliphatic rings. The van der Waals surface area contributed by atoms with Crippen molar-refractivity contribution < 1.29 is 14.7 Å². The van der Waals surface area contributed by atoms with E-state index in [0.717, 1.165) is 25.7 Å². The second-order valence-corrected chi connectivity index (χ2v) is 4.54. The van der Waals surface area contributed by atoms with Crippen LogP contribution >= 0.6 is 0 Å². The van der Waals surface area contributed by atoms with Crippen molar-refractivity contribution in [3.63, 3.8) is 0 Å². The number of hydrogen-bond donors (Lipinski definition) is 1. The third-order valence-corrected chi connectivity index (χ3v) is 3.35. The first-order valence-electron chi connectivity index (χ1n) is 6.11. The zero-order valence-electron chi connectivity index (χ0n) is 10.1. The summed E-state index contributed by atoms with van der Waals surface area (Å²) in [6, 6.07) is -0.607. The summed E-state index contributed by atoms with van der Waals surface area (Å²) >= 11 is 0. The zero-order valence-corrected chi connectivity index (χ0v) is 10.1. The fourth-order valence-corrected chi connectivity index (χ4v) is 2.09. The maximum atomic E-state index is 12.1. The lowest BCUT2D eigenvalue weighted by Gasteiger charge is -2.29. The van der Waals surface area contributed by atoms with E-state index < -0.39 is 12.0 Å². The van der Waals surface area contributed by atoms with Gasteiger partial charge in [-0.05, 0) is 19.3 Å². The summed E-state index contributed by atoms with van der Waals surface area (Å²) < 4.78 is 0. The summed E-state index contributed by atoms with van der Waals surface area (Å²) in [4.78, 5) is 24.8. The van der Waals surface area contributed by atoms with Crippen LogP contribution in [0.4, 0.5) is 0 Å². The molecule has 0 aromatic heterocycles. The van der Waals surface area contributed by atoms with E-state index in [1.807, 2.05) is 13.8 Å². The van der Waals surface area contributed by atoms with Crippen molar-refractivity contribution in [3.8, 4) is 0 Å². The normalized spacial score (nSPS) is 23.6. The summed E-state index contributed by atoms with van der Waals surface area (Å²) in [5.74, 6) is -0.935. The highest BCUT2D eigenvalue weighted by Gasteiger charge is 2.32. The van der Waals surface area contributed by atoms with Gasteiger partial charge in [0.1, 0.15) is 6.04 Å². The second-order valence-electron chi connectivity index (χ2n) is 4.54. The Morgan fingerprint density at radius 3 is 2.62 bits per heavy atom. The van der Waals surface area contributed by atoms with Gasteiger partial charge in [0, 0.05) is 12.5 Å². The Balaban J connectivity index is 2.78. The first-order valence-corrected chi connectivity index (χ1v) is 6.11. The van der Waals surface area contributed by atoms with Gasteiger partial charge in [0.15, 0.2) is 0 Å². The van der Waals surface area contributed by atoms with Gasteiger partial charge in [-0.15, -0.1) is 0 Å². The molecule has 2 atom stereocenters. The first-order chi connectivity index (χ1) is 7.57. The average molecular weight is 227 g/mol. The molecule has 1 N–H and O–H groups in total. The van der Waals surface area contributed by atoms with Crippen molar-refractivity contribution in [2.24, 2.45) is 5.92 Å². The van der Waals surface area contributed by atoms with Gasteiger partial charge >= 0.3 is 5.97 Å². The number of amides is 1. The topological polar surface area (TPSA) is 57.6 Å². The highest BCUT2D eigenvalue weighted by molar-refractivity contribution is 5.84. The van der Waals surface area contributed by atoms with E-state index in [1.165, 1.54) is 0 Å². The fourth-order valence-electron chi connectivity index (χ4n) is 2.09. The Hall–Kier alpha value is -1.06. The Bertz CT molecular complexity index is 265. The standard InChI is InChI=1S/C12H21NO3/c1-3-9(2)11(14)13-8-6-4-5-7-10(13)12(15)16/h9-10H,3-8H2,1-2H3,(H,15,16). The highest BCUT2D eigenvalue weighted by atomic mass is 16.4. The van der Waals surface area contributed by atoms with Gasteiger partial charge in [0.05, 0.1) is 0 Å². The van der Waals surface area contributed by atoms with Crippen LogP contribution in [-0.2, 0) is 9.59 Å². The lowest BCUT2D eigenvalue weighted by atomic mass is 10.0. The molecule has 1 rings (SSSR count). The van der Waals surface area contributed by atoms with Crippen molar-refractivity contribution in [1.29, 1.82) is 0 Å². The molecule has 1 fully saturated rings. The molecule has 0 aliphatic carbocycles. The summed E-state index contributed by atoms with van der Waals surface area (Å²) in [5, 5.41) is 9.14. The van der Waals surface area contributed by atoms with Crippen molar-refractivity contribution >= 4 is 11.9 Å². The van der Waals surface area contributed by atoms with Crippen LogP contribution in [0, 0.1) is 5.92 Å². The number of likely N-dealkylation sites (tertiary alicyclic amines) is 1. The fraction of sp³-hybridized carbons (Fsp3) is 0.833. The Labute approximate surface area is 96.6 Å². The predicted octanol–water partition coefficient (Wildman–Crippen LogP) is 1.89. The minimum absolute atomic E-state index is 0.00296. The zero-order chi connectivity index (χ0) is 12.1. The number of aliphatic carboxylic acids is 1. The highest BCUT2D eigenvalue weighted by Crippen LogP contribution is 2.20. The van der Waals surface area contributed by atoms with Gasteiger partial charge in [0.25, 0.3) is 0 Å². The van der Waals surface area contributed by atoms with Gasteiger partial charge in [0.2, 0.25) is 5.91 Å². The van der Waals surface area contributed by atoms with Crippen molar-refractivity contribution in [2.75, 3.05) is 6.54 Å². The molecule has 16 heavy (non-hydrogen) atoms. The van der Waals surface area contributed by atoms with Gasteiger partial charge in [-0.25, -0.2) is 4.79 Å². The van der Waals surface area contributed by atoms with E-state index in [9.17, 15) is 9.59 Å². The molecule has 1 amide bonds. The van der Waals surface area contributed by atoms with E-state index in [4.69, 9.17) is 5.11 Å². The van der Waals surface area contributed by atoms with Crippen LogP contribution in [0.25, 0.3) is 0 Å². The molecule has 4 heteroatoms. The van der Waals surface area contributed by atoms with Crippen LogP contribution in [0.5, 0.6) is 0 Å². The van der Waals surface area contributed by atoms with Gasteiger partial charge in [-0.3, -0.25) is 4.79 Å². The number of nitrogens with zero attached hydrogens (tertiary/aromatic N) is 1. The number of carbonyl (C=O) groups excluding carboxylic acids is 1. The summed E-state index contributed by atoms with van der Waals surface area (Å²) in [6.45, 7) is 4.42. The minimum atomic E-state index is -0.862. The van der Waals surface area contributed by atoms with E-state index in [1.54, 1.807) is 4.90 Å². The molecular weight excluding hydrogens is 206 g/mol. The summed E-state index contributed by atoms with van der Waals surface area (Å²) in [6.07, 6.45) is 4.21. The lowest BCUT2D eigenvalue weighted by Crippen LogP contribution is -2.46. The molecule has 92 valence electrons. The SMILES string of the molecule is CCC(C)C(=O)N1CCCCCC1C(=O)O.